The van der Waals surface area contributed by atoms with Gasteiger partial charge in [-0.3, -0.25) is 5.43 Å². The number of piperazine rings is 1. The van der Waals surface area contributed by atoms with Crippen LogP contribution in [-0.2, 0) is 16.8 Å². The van der Waals surface area contributed by atoms with Gasteiger partial charge in [0.25, 0.3) is 0 Å². The Balaban J connectivity index is 1.37. The van der Waals surface area contributed by atoms with Crippen molar-refractivity contribution >= 4 is 17.7 Å². The summed E-state index contributed by atoms with van der Waals surface area (Å²) in [6, 6.07) is 12.9. The summed E-state index contributed by atoms with van der Waals surface area (Å²) in [5.41, 5.74) is 6.50. The molecule has 1 saturated carbocycles. The van der Waals surface area contributed by atoms with E-state index in [1.807, 2.05) is 39.3 Å². The molecule has 2 aromatic carbocycles. The van der Waals surface area contributed by atoms with Crippen LogP contribution in [-0.4, -0.2) is 75.6 Å². The number of likely N-dealkylation sites (N-methyl/N-ethyl adjacent to an activating group) is 2. The van der Waals surface area contributed by atoms with Gasteiger partial charge < -0.3 is 30.3 Å². The number of halogens is 1. The lowest BCUT2D eigenvalue weighted by molar-refractivity contribution is -0.110. The summed E-state index contributed by atoms with van der Waals surface area (Å²) in [4.78, 5) is 17.1. The number of benzene rings is 2. The maximum atomic E-state index is 14.6. The van der Waals surface area contributed by atoms with Gasteiger partial charge in [0, 0.05) is 31.0 Å². The molecule has 0 amide bonds. The van der Waals surface area contributed by atoms with Crippen molar-refractivity contribution in [3.8, 4) is 0 Å². The first-order valence-electron chi connectivity index (χ1n) is 14.8. The molecule has 0 spiro atoms. The van der Waals surface area contributed by atoms with Crippen molar-refractivity contribution in [3.63, 3.8) is 0 Å². The molecular formula is C31H45FN6O2. The number of rotatable bonds is 9. The van der Waals surface area contributed by atoms with E-state index in [9.17, 15) is 14.3 Å². The van der Waals surface area contributed by atoms with Crippen LogP contribution in [0.25, 0.3) is 0 Å². The Morgan fingerprint density at radius 1 is 1.00 bits per heavy atom. The lowest BCUT2D eigenvalue weighted by Gasteiger charge is -2.47. The maximum absolute atomic E-state index is 14.6. The molecule has 9 heteroatoms. The number of piperidine rings is 1. The zero-order valence-corrected chi connectivity index (χ0v) is 24.1. The van der Waals surface area contributed by atoms with Crippen LogP contribution in [0.3, 0.4) is 0 Å². The summed E-state index contributed by atoms with van der Waals surface area (Å²) in [5.74, 6) is -0.178. The second-order valence-corrected chi connectivity index (χ2v) is 11.6. The molecule has 218 valence electrons. The van der Waals surface area contributed by atoms with Gasteiger partial charge in [-0.1, -0.05) is 25.0 Å². The fourth-order valence-corrected chi connectivity index (χ4v) is 7.18. The minimum Gasteiger partial charge on any atom is -0.385 e. The number of aliphatic hydroxyl groups is 1. The first-order chi connectivity index (χ1) is 19.4. The van der Waals surface area contributed by atoms with Crippen molar-refractivity contribution in [2.75, 3.05) is 50.6 Å². The predicted molar refractivity (Wildman–Crippen MR) is 158 cm³/mol. The van der Waals surface area contributed by atoms with Gasteiger partial charge in [0.1, 0.15) is 12.1 Å². The predicted octanol–water partition coefficient (Wildman–Crippen LogP) is 2.96. The molecular weight excluding hydrogens is 507 g/mol. The van der Waals surface area contributed by atoms with Crippen LogP contribution in [0, 0.1) is 11.7 Å². The molecule has 2 aliphatic heterocycles. The van der Waals surface area contributed by atoms with Gasteiger partial charge in [-0.2, -0.15) is 0 Å². The van der Waals surface area contributed by atoms with Crippen LogP contribution in [0.1, 0.15) is 49.7 Å². The summed E-state index contributed by atoms with van der Waals surface area (Å²) in [6.45, 7) is 2.28. The van der Waals surface area contributed by atoms with E-state index in [0.29, 0.717) is 6.42 Å². The Bertz CT molecular complexity index is 1130. The van der Waals surface area contributed by atoms with E-state index in [4.69, 9.17) is 0 Å². The smallest absolute Gasteiger partial charge is 0.142 e. The standard InChI is InChI=1S/C31H45FN6O2/c1-33-29-19-36(20-30(34-2)38(29)35-3)27-13-10-25(32)18-23(27)17-22-7-6-16-37(28(22)21-39)26-11-8-24(9-12-26)31(40)14-4-5-15-31/h8-13,18,21-22,28-30,33-35,40H,4-7,14-17,19-20H2,1-3H3. The number of nitrogens with zero attached hydrogens (tertiary/aromatic N) is 3. The van der Waals surface area contributed by atoms with Gasteiger partial charge in [-0.05, 0) is 101 Å². The number of hydrogen-bond acceptors (Lipinski definition) is 8. The third-order valence-electron chi connectivity index (χ3n) is 9.37. The van der Waals surface area contributed by atoms with E-state index >= 15 is 0 Å². The average molecular weight is 553 g/mol. The number of carbonyl (C=O) groups is 1. The lowest BCUT2D eigenvalue weighted by atomic mass is 9.83. The molecule has 3 aliphatic rings. The Kier molecular flexibility index (Phi) is 9.07. The molecule has 0 aromatic heterocycles. The Labute approximate surface area is 237 Å². The first-order valence-corrected chi connectivity index (χ1v) is 14.8. The van der Waals surface area contributed by atoms with Crippen molar-refractivity contribution in [1.82, 2.24) is 21.1 Å². The zero-order valence-electron chi connectivity index (χ0n) is 24.1. The van der Waals surface area contributed by atoms with Gasteiger partial charge in [0.2, 0.25) is 0 Å². The molecule has 2 heterocycles. The lowest BCUT2D eigenvalue weighted by Crippen LogP contribution is -2.69. The van der Waals surface area contributed by atoms with Crippen molar-refractivity contribution in [3.05, 3.63) is 59.4 Å². The maximum Gasteiger partial charge on any atom is 0.142 e. The number of nitrogens with one attached hydrogen (secondary N) is 3. The molecule has 8 nitrogen and oxygen atoms in total. The summed E-state index contributed by atoms with van der Waals surface area (Å²) < 4.78 is 14.6. The fraction of sp³-hybridized carbons (Fsp3) is 0.581. The summed E-state index contributed by atoms with van der Waals surface area (Å²) in [5, 5.41) is 19.9. The normalized spacial score (nSPS) is 27.2. The molecule has 40 heavy (non-hydrogen) atoms. The molecule has 0 bridgehead atoms. The molecule has 2 aromatic rings. The fourth-order valence-electron chi connectivity index (χ4n) is 7.18. The Morgan fingerprint density at radius 2 is 1.68 bits per heavy atom. The number of carbonyl (C=O) groups excluding carboxylic acids is 1. The van der Waals surface area contributed by atoms with Crippen molar-refractivity contribution in [2.24, 2.45) is 5.92 Å². The van der Waals surface area contributed by atoms with E-state index in [2.05, 4.69) is 43.0 Å². The number of hydrazine groups is 1. The minimum absolute atomic E-state index is 0.0623. The van der Waals surface area contributed by atoms with Crippen LogP contribution < -0.4 is 25.9 Å². The SMILES string of the molecule is CNC1CN(c2ccc(F)cc2CC2CCCN(c3ccc(C4(O)CCCC4)cc3)C2C=O)CC(NC)N1NC. The van der Waals surface area contributed by atoms with Crippen LogP contribution in [0.4, 0.5) is 15.8 Å². The zero-order chi connectivity index (χ0) is 28.3. The molecule has 0 radical (unpaired) electrons. The summed E-state index contributed by atoms with van der Waals surface area (Å²) in [7, 11) is 5.82. The first kappa shape index (κ1) is 29.0. The van der Waals surface area contributed by atoms with E-state index in [1.54, 1.807) is 6.07 Å². The highest BCUT2D eigenvalue weighted by atomic mass is 19.1. The van der Waals surface area contributed by atoms with Gasteiger partial charge in [0.15, 0.2) is 0 Å². The van der Waals surface area contributed by atoms with E-state index < -0.39 is 5.60 Å². The van der Waals surface area contributed by atoms with Gasteiger partial charge in [-0.25, -0.2) is 9.40 Å². The van der Waals surface area contributed by atoms with Crippen LogP contribution in [0.5, 0.6) is 0 Å². The Morgan fingerprint density at radius 3 is 2.27 bits per heavy atom. The van der Waals surface area contributed by atoms with Crippen molar-refractivity contribution < 1.29 is 14.3 Å². The van der Waals surface area contributed by atoms with E-state index in [1.165, 1.54) is 6.07 Å². The monoisotopic (exact) mass is 552 g/mol. The highest BCUT2D eigenvalue weighted by molar-refractivity contribution is 5.68. The second-order valence-electron chi connectivity index (χ2n) is 11.6. The Hall–Kier alpha value is -2.56. The van der Waals surface area contributed by atoms with Crippen LogP contribution in [0.2, 0.25) is 0 Å². The highest BCUT2D eigenvalue weighted by Gasteiger charge is 2.36. The molecule has 5 rings (SSSR count). The van der Waals surface area contributed by atoms with Crippen molar-refractivity contribution in [1.29, 1.82) is 0 Å². The number of hydrogen-bond donors (Lipinski definition) is 4. The van der Waals surface area contributed by atoms with Crippen LogP contribution in [0.15, 0.2) is 42.5 Å². The molecule has 4 atom stereocenters. The molecule has 4 N–H and O–H groups in total. The van der Waals surface area contributed by atoms with E-state index in [-0.39, 0.29) is 30.1 Å². The average Bonchev–Trinajstić information content (AvgIpc) is 3.44. The van der Waals surface area contributed by atoms with E-state index in [0.717, 1.165) is 86.9 Å². The topological polar surface area (TPSA) is 83.1 Å². The summed E-state index contributed by atoms with van der Waals surface area (Å²) in [6.07, 6.45) is 7.43. The van der Waals surface area contributed by atoms with Gasteiger partial charge >= 0.3 is 0 Å². The number of aldehydes is 1. The number of anilines is 2. The third kappa shape index (κ3) is 5.76. The van der Waals surface area contributed by atoms with Crippen molar-refractivity contribution in [2.45, 2.75) is 68.9 Å². The quantitative estimate of drug-likeness (QED) is 0.354. The van der Waals surface area contributed by atoms with Gasteiger partial charge in [-0.15, -0.1) is 0 Å². The second kappa shape index (κ2) is 12.5. The molecule has 2 saturated heterocycles. The summed E-state index contributed by atoms with van der Waals surface area (Å²) >= 11 is 0. The molecule has 3 fully saturated rings. The third-order valence-corrected chi connectivity index (χ3v) is 9.37. The van der Waals surface area contributed by atoms with Gasteiger partial charge in [0.05, 0.1) is 24.0 Å². The molecule has 1 aliphatic carbocycles. The highest BCUT2D eigenvalue weighted by Crippen LogP contribution is 2.40. The minimum atomic E-state index is -0.724. The largest absolute Gasteiger partial charge is 0.385 e. The van der Waals surface area contributed by atoms with Crippen LogP contribution >= 0.6 is 0 Å². The molecule has 4 unspecified atom stereocenters.